The number of esters is 1. The van der Waals surface area contributed by atoms with E-state index in [-0.39, 0.29) is 37.7 Å². The summed E-state index contributed by atoms with van der Waals surface area (Å²) in [6, 6.07) is 1.79. The molecule has 2 heterocycles. The number of hydrogen-bond acceptors (Lipinski definition) is 7. The maximum absolute atomic E-state index is 14.8. The number of carbonyl (C=O) groups is 2. The van der Waals surface area contributed by atoms with Crippen molar-refractivity contribution < 1.29 is 31.9 Å². The van der Waals surface area contributed by atoms with Crippen LogP contribution in [-0.2, 0) is 27.5 Å². The van der Waals surface area contributed by atoms with Gasteiger partial charge in [0.25, 0.3) is 5.56 Å². The van der Waals surface area contributed by atoms with Crippen molar-refractivity contribution in [2.45, 2.75) is 31.7 Å². The van der Waals surface area contributed by atoms with E-state index in [2.05, 4.69) is 4.99 Å². The van der Waals surface area contributed by atoms with Crippen LogP contribution in [0.1, 0.15) is 26.0 Å². The van der Waals surface area contributed by atoms with Gasteiger partial charge in [0.2, 0.25) is 5.91 Å². The number of alkyl halides is 3. The standard InChI is InChI=1S/C21H19ClF4N4O5S/c1-4-14-18(33)29(9-17(32)35-5-2)19(36-14)27-12-7-13(11(23)6-10(12)22)30-16(31)8-15(21(24,25)26)28(3)20(30)34/h6-8,14H,4-5,9H2,1-3H3/b27-19-. The number of nitrogens with zero attached hydrogens (tertiary/aromatic N) is 4. The first-order chi connectivity index (χ1) is 16.8. The van der Waals surface area contributed by atoms with Crippen molar-refractivity contribution >= 4 is 46.1 Å². The Hall–Kier alpha value is -3.13. The zero-order valence-corrected chi connectivity index (χ0v) is 20.6. The van der Waals surface area contributed by atoms with E-state index in [1.165, 1.54) is 0 Å². The van der Waals surface area contributed by atoms with Crippen LogP contribution in [0.4, 0.5) is 23.2 Å². The summed E-state index contributed by atoms with van der Waals surface area (Å²) in [6.07, 6.45) is -4.59. The van der Waals surface area contributed by atoms with Crippen molar-refractivity contribution in [3.05, 3.63) is 55.6 Å². The fourth-order valence-electron chi connectivity index (χ4n) is 3.34. The molecule has 15 heteroatoms. The summed E-state index contributed by atoms with van der Waals surface area (Å²) in [6.45, 7) is 2.98. The van der Waals surface area contributed by atoms with Gasteiger partial charge in [-0.15, -0.1) is 0 Å². The van der Waals surface area contributed by atoms with E-state index in [0.29, 0.717) is 6.42 Å². The Kier molecular flexibility index (Phi) is 7.98. The van der Waals surface area contributed by atoms with Gasteiger partial charge in [-0.1, -0.05) is 30.3 Å². The molecule has 1 saturated heterocycles. The van der Waals surface area contributed by atoms with E-state index in [0.717, 1.165) is 35.8 Å². The molecule has 36 heavy (non-hydrogen) atoms. The molecule has 1 fully saturated rings. The summed E-state index contributed by atoms with van der Waals surface area (Å²) in [7, 11) is 0.787. The molecule has 1 amide bonds. The van der Waals surface area contributed by atoms with Gasteiger partial charge in [0.15, 0.2) is 5.17 Å². The van der Waals surface area contributed by atoms with Crippen molar-refractivity contribution in [2.24, 2.45) is 12.0 Å². The number of thioether (sulfide) groups is 1. The van der Waals surface area contributed by atoms with Crippen LogP contribution in [0.25, 0.3) is 5.69 Å². The average Bonchev–Trinajstić information content (AvgIpc) is 3.07. The lowest BCUT2D eigenvalue weighted by Crippen LogP contribution is -2.41. The summed E-state index contributed by atoms with van der Waals surface area (Å²) in [4.78, 5) is 55.0. The molecule has 1 aromatic heterocycles. The van der Waals surface area contributed by atoms with Crippen molar-refractivity contribution in [1.29, 1.82) is 0 Å². The van der Waals surface area contributed by atoms with Gasteiger partial charge >= 0.3 is 17.8 Å². The molecule has 194 valence electrons. The number of aliphatic imine (C=N–C) groups is 1. The van der Waals surface area contributed by atoms with Crippen LogP contribution in [0.5, 0.6) is 0 Å². The number of benzene rings is 1. The zero-order chi connectivity index (χ0) is 26.9. The van der Waals surface area contributed by atoms with Gasteiger partial charge < -0.3 is 4.74 Å². The van der Waals surface area contributed by atoms with E-state index in [1.807, 2.05) is 0 Å². The number of hydrogen-bond donors (Lipinski definition) is 0. The van der Waals surface area contributed by atoms with Gasteiger partial charge in [-0.05, 0) is 25.5 Å². The molecule has 1 aromatic carbocycles. The predicted octanol–water partition coefficient (Wildman–Crippen LogP) is 3.25. The minimum absolute atomic E-state index is 0.0343. The topological polar surface area (TPSA) is 103 Å². The van der Waals surface area contributed by atoms with Crippen LogP contribution in [0.2, 0.25) is 5.02 Å². The third-order valence-corrected chi connectivity index (χ3v) is 6.71. The number of rotatable bonds is 6. The van der Waals surface area contributed by atoms with Crippen LogP contribution in [-0.4, -0.2) is 49.5 Å². The van der Waals surface area contributed by atoms with E-state index < -0.39 is 58.3 Å². The van der Waals surface area contributed by atoms with Crippen molar-refractivity contribution in [2.75, 3.05) is 13.2 Å². The van der Waals surface area contributed by atoms with Crippen molar-refractivity contribution in [1.82, 2.24) is 14.0 Å². The highest BCUT2D eigenvalue weighted by atomic mass is 35.5. The fourth-order valence-corrected chi connectivity index (χ4v) is 4.62. The first kappa shape index (κ1) is 27.5. The third kappa shape index (κ3) is 5.33. The van der Waals surface area contributed by atoms with Gasteiger partial charge in [-0.25, -0.2) is 18.7 Å². The highest BCUT2D eigenvalue weighted by Gasteiger charge is 2.38. The molecule has 1 unspecified atom stereocenters. The zero-order valence-electron chi connectivity index (χ0n) is 19.1. The number of aromatic nitrogens is 2. The Labute approximate surface area is 210 Å². The predicted molar refractivity (Wildman–Crippen MR) is 124 cm³/mol. The highest BCUT2D eigenvalue weighted by molar-refractivity contribution is 8.15. The second kappa shape index (κ2) is 10.5. The number of amides is 1. The molecule has 0 aliphatic carbocycles. The number of amidine groups is 1. The van der Waals surface area contributed by atoms with E-state index in [9.17, 15) is 36.7 Å². The summed E-state index contributed by atoms with van der Waals surface area (Å²) in [5, 5.41) is -0.807. The second-order valence-corrected chi connectivity index (χ2v) is 9.01. The average molecular weight is 551 g/mol. The summed E-state index contributed by atoms with van der Waals surface area (Å²) in [5.41, 5.74) is -5.27. The summed E-state index contributed by atoms with van der Waals surface area (Å²) >= 11 is 7.12. The minimum atomic E-state index is -4.99. The molecule has 0 spiro atoms. The third-order valence-electron chi connectivity index (χ3n) is 5.07. The largest absolute Gasteiger partial charge is 0.465 e. The molecule has 0 saturated carbocycles. The highest BCUT2D eigenvalue weighted by Crippen LogP contribution is 2.35. The van der Waals surface area contributed by atoms with Gasteiger partial charge in [-0.3, -0.25) is 23.9 Å². The Morgan fingerprint density at radius 3 is 2.44 bits per heavy atom. The van der Waals surface area contributed by atoms with Crippen molar-refractivity contribution in [3.63, 3.8) is 0 Å². The van der Waals surface area contributed by atoms with Crippen LogP contribution < -0.4 is 11.2 Å². The SMILES string of the molecule is CCOC(=O)CN1C(=O)C(CC)S/C1=N\c1cc(-n2c(=O)cc(C(F)(F)F)n(C)c2=O)c(F)cc1Cl. The molecular weight excluding hydrogens is 532 g/mol. The van der Waals surface area contributed by atoms with Crippen LogP contribution in [0.3, 0.4) is 0 Å². The molecule has 1 aliphatic heterocycles. The fraction of sp³-hybridized carbons (Fsp3) is 0.381. The second-order valence-electron chi connectivity index (χ2n) is 7.44. The molecule has 0 N–H and O–H groups in total. The van der Waals surface area contributed by atoms with Crippen LogP contribution >= 0.6 is 23.4 Å². The van der Waals surface area contributed by atoms with Gasteiger partial charge in [0.05, 0.1) is 28.3 Å². The Bertz CT molecular complexity index is 1370. The normalized spacial score (nSPS) is 17.2. The monoisotopic (exact) mass is 550 g/mol. The Morgan fingerprint density at radius 1 is 1.19 bits per heavy atom. The Morgan fingerprint density at radius 2 is 1.86 bits per heavy atom. The van der Waals surface area contributed by atoms with E-state index in [1.54, 1.807) is 13.8 Å². The lowest BCUT2D eigenvalue weighted by molar-refractivity contribution is -0.146. The van der Waals surface area contributed by atoms with Crippen LogP contribution in [0.15, 0.2) is 32.8 Å². The molecule has 1 atom stereocenters. The minimum Gasteiger partial charge on any atom is -0.465 e. The quantitative estimate of drug-likeness (QED) is 0.404. The van der Waals surface area contributed by atoms with Crippen molar-refractivity contribution in [3.8, 4) is 5.69 Å². The summed E-state index contributed by atoms with van der Waals surface area (Å²) in [5.74, 6) is -2.28. The molecular formula is C21H19ClF4N4O5S. The number of carbonyl (C=O) groups excluding carboxylic acids is 2. The van der Waals surface area contributed by atoms with Gasteiger partial charge in [0.1, 0.15) is 18.1 Å². The smallest absolute Gasteiger partial charge is 0.431 e. The molecule has 9 nitrogen and oxygen atoms in total. The van der Waals surface area contributed by atoms with E-state index >= 15 is 0 Å². The Balaban J connectivity index is 2.15. The molecule has 0 radical (unpaired) electrons. The first-order valence-corrected chi connectivity index (χ1v) is 11.7. The van der Waals surface area contributed by atoms with E-state index in [4.69, 9.17) is 16.3 Å². The molecule has 0 bridgehead atoms. The lowest BCUT2D eigenvalue weighted by Gasteiger charge is -2.16. The van der Waals surface area contributed by atoms with Crippen LogP contribution in [0, 0.1) is 5.82 Å². The molecule has 2 aromatic rings. The number of halogens is 5. The maximum Gasteiger partial charge on any atom is 0.431 e. The summed E-state index contributed by atoms with van der Waals surface area (Å²) < 4.78 is 59.5. The maximum atomic E-state index is 14.8. The number of ether oxygens (including phenoxy) is 1. The first-order valence-electron chi connectivity index (χ1n) is 10.4. The van der Waals surface area contributed by atoms with Gasteiger partial charge in [0, 0.05) is 13.1 Å². The lowest BCUT2D eigenvalue weighted by atomic mass is 10.2. The molecule has 3 rings (SSSR count). The van der Waals surface area contributed by atoms with Gasteiger partial charge in [-0.2, -0.15) is 13.2 Å². The molecule has 1 aliphatic rings.